The fourth-order valence-corrected chi connectivity index (χ4v) is 5.08. The number of carbonyl (C=O) groups is 2. The molecule has 0 radical (unpaired) electrons. The number of hydrogen-bond donors (Lipinski definition) is 1. The van der Waals surface area contributed by atoms with Crippen LogP contribution in [-0.4, -0.2) is 52.5 Å². The number of fused-ring (bicyclic) bond motifs is 2. The molecular weight excluding hydrogens is 316 g/mol. The normalized spacial score (nSPS) is 30.0. The molecule has 1 saturated carbocycles. The summed E-state index contributed by atoms with van der Waals surface area (Å²) in [4.78, 5) is 28.9. The van der Waals surface area contributed by atoms with Crippen LogP contribution < -0.4 is 0 Å². The number of amides is 1. The predicted molar refractivity (Wildman–Crippen MR) is 94.0 cm³/mol. The molecule has 3 aliphatic rings. The second-order valence-electron chi connectivity index (χ2n) is 7.93. The fraction of sp³-hybridized carbons (Fsp3) is 0.600. The molecule has 0 spiro atoms. The highest BCUT2D eigenvalue weighted by atomic mass is 16.4. The molecule has 25 heavy (non-hydrogen) atoms. The first-order valence-electron chi connectivity index (χ1n) is 9.34. The molecular formula is C20H26N2O3. The minimum absolute atomic E-state index is 0.0920. The van der Waals surface area contributed by atoms with Crippen LogP contribution in [-0.2, 0) is 22.6 Å². The number of likely N-dealkylation sites (tertiary alicyclic amines) is 1. The molecule has 1 saturated heterocycles. The monoisotopic (exact) mass is 342 g/mol. The summed E-state index contributed by atoms with van der Waals surface area (Å²) in [6.45, 7) is 4.65. The molecule has 0 bridgehead atoms. The van der Waals surface area contributed by atoms with Gasteiger partial charge in [-0.2, -0.15) is 0 Å². The number of carboxylic acid groups (broad SMARTS) is 1. The molecule has 5 heteroatoms. The van der Waals surface area contributed by atoms with Crippen LogP contribution in [0, 0.1) is 11.3 Å². The number of aliphatic carboxylic acids is 1. The minimum atomic E-state index is -0.718. The molecule has 4 rings (SSSR count). The Balaban J connectivity index is 1.46. The molecule has 2 aliphatic heterocycles. The van der Waals surface area contributed by atoms with E-state index in [1.807, 2.05) is 17.9 Å². The van der Waals surface area contributed by atoms with Crippen molar-refractivity contribution in [3.8, 4) is 0 Å². The number of benzene rings is 1. The van der Waals surface area contributed by atoms with Crippen molar-refractivity contribution in [2.75, 3.05) is 19.6 Å². The third kappa shape index (κ3) is 2.65. The lowest BCUT2D eigenvalue weighted by atomic mass is 9.81. The number of nitrogens with zero attached hydrogens (tertiary/aromatic N) is 2. The van der Waals surface area contributed by atoms with Gasteiger partial charge in [-0.15, -0.1) is 0 Å². The van der Waals surface area contributed by atoms with Gasteiger partial charge in [0, 0.05) is 26.2 Å². The average Bonchev–Trinajstić information content (AvgIpc) is 3.18. The molecule has 134 valence electrons. The Morgan fingerprint density at radius 1 is 1.28 bits per heavy atom. The molecule has 1 aromatic rings. The van der Waals surface area contributed by atoms with E-state index >= 15 is 0 Å². The predicted octanol–water partition coefficient (Wildman–Crippen LogP) is 2.15. The molecule has 2 heterocycles. The lowest BCUT2D eigenvalue weighted by molar-refractivity contribution is -0.149. The summed E-state index contributed by atoms with van der Waals surface area (Å²) in [6, 6.07) is 8.22. The SMILES string of the molecule is CC(C(=O)N1C[C@@H]2CCC[C@@]2(C(=O)O)C1)N1CCc2ccccc2C1. The van der Waals surface area contributed by atoms with Gasteiger partial charge in [-0.3, -0.25) is 14.5 Å². The highest BCUT2D eigenvalue weighted by Gasteiger charge is 2.56. The number of carboxylic acids is 1. The van der Waals surface area contributed by atoms with Gasteiger partial charge in [-0.1, -0.05) is 30.7 Å². The number of hydrogen-bond acceptors (Lipinski definition) is 3. The van der Waals surface area contributed by atoms with Crippen LogP contribution in [0.4, 0.5) is 0 Å². The van der Waals surface area contributed by atoms with Crippen LogP contribution in [0.3, 0.4) is 0 Å². The maximum absolute atomic E-state index is 13.0. The van der Waals surface area contributed by atoms with Gasteiger partial charge in [-0.05, 0) is 43.2 Å². The van der Waals surface area contributed by atoms with Crippen LogP contribution in [0.2, 0.25) is 0 Å². The van der Waals surface area contributed by atoms with Gasteiger partial charge in [0.05, 0.1) is 11.5 Å². The van der Waals surface area contributed by atoms with Gasteiger partial charge in [0.25, 0.3) is 0 Å². The van der Waals surface area contributed by atoms with Crippen LogP contribution in [0.15, 0.2) is 24.3 Å². The largest absolute Gasteiger partial charge is 0.481 e. The number of rotatable bonds is 3. The summed E-state index contributed by atoms with van der Waals surface area (Å²) in [7, 11) is 0. The van der Waals surface area contributed by atoms with Gasteiger partial charge < -0.3 is 10.0 Å². The summed E-state index contributed by atoms with van der Waals surface area (Å²) >= 11 is 0. The molecule has 1 aromatic carbocycles. The first-order valence-corrected chi connectivity index (χ1v) is 9.34. The third-order valence-corrected chi connectivity index (χ3v) is 6.67. The topological polar surface area (TPSA) is 60.9 Å². The van der Waals surface area contributed by atoms with E-state index in [9.17, 15) is 14.7 Å². The van der Waals surface area contributed by atoms with Crippen molar-refractivity contribution >= 4 is 11.9 Å². The van der Waals surface area contributed by atoms with E-state index in [2.05, 4.69) is 23.1 Å². The summed E-state index contributed by atoms with van der Waals surface area (Å²) in [5, 5.41) is 9.72. The molecule has 0 aromatic heterocycles. The molecule has 1 aliphatic carbocycles. The summed E-state index contributed by atoms with van der Waals surface area (Å²) in [5.74, 6) is -0.498. The quantitative estimate of drug-likeness (QED) is 0.914. The molecule has 5 nitrogen and oxygen atoms in total. The van der Waals surface area contributed by atoms with Crippen LogP contribution in [0.1, 0.15) is 37.3 Å². The minimum Gasteiger partial charge on any atom is -0.481 e. The zero-order valence-electron chi connectivity index (χ0n) is 14.8. The van der Waals surface area contributed by atoms with Crippen molar-refractivity contribution in [2.45, 2.75) is 45.2 Å². The van der Waals surface area contributed by atoms with E-state index in [0.717, 1.165) is 32.4 Å². The summed E-state index contributed by atoms with van der Waals surface area (Å²) in [6.07, 6.45) is 3.58. The van der Waals surface area contributed by atoms with Gasteiger partial charge in [0.15, 0.2) is 0 Å². The zero-order chi connectivity index (χ0) is 17.6. The Bertz CT molecular complexity index is 704. The van der Waals surface area contributed by atoms with Gasteiger partial charge in [0.1, 0.15) is 0 Å². The highest BCUT2D eigenvalue weighted by Crippen LogP contribution is 2.49. The number of carbonyl (C=O) groups excluding carboxylic acids is 1. The standard InChI is InChI=1S/C20H26N2O3/c1-14(21-10-8-15-5-2-3-6-16(15)11-21)18(23)22-12-17-7-4-9-20(17,13-22)19(24)25/h2-3,5-6,14,17H,4,7-13H2,1H3,(H,24,25)/t14?,17-,20+/m0/s1. The molecule has 1 unspecified atom stereocenters. The van der Waals surface area contributed by atoms with Crippen LogP contribution >= 0.6 is 0 Å². The first-order chi connectivity index (χ1) is 12.0. The van der Waals surface area contributed by atoms with Crippen LogP contribution in [0.25, 0.3) is 0 Å². The second-order valence-corrected chi connectivity index (χ2v) is 7.93. The van der Waals surface area contributed by atoms with E-state index < -0.39 is 11.4 Å². The smallest absolute Gasteiger partial charge is 0.311 e. The van der Waals surface area contributed by atoms with E-state index in [4.69, 9.17) is 0 Å². The van der Waals surface area contributed by atoms with Crippen molar-refractivity contribution in [3.63, 3.8) is 0 Å². The molecule has 1 N–H and O–H groups in total. The molecule has 2 fully saturated rings. The summed E-state index contributed by atoms with van der Waals surface area (Å²) in [5.41, 5.74) is 1.98. The lowest BCUT2D eigenvalue weighted by Crippen LogP contribution is -2.49. The highest BCUT2D eigenvalue weighted by molar-refractivity contribution is 5.84. The Hall–Kier alpha value is -1.88. The Morgan fingerprint density at radius 3 is 2.76 bits per heavy atom. The van der Waals surface area contributed by atoms with Gasteiger partial charge >= 0.3 is 5.97 Å². The fourth-order valence-electron chi connectivity index (χ4n) is 5.08. The lowest BCUT2D eigenvalue weighted by Gasteiger charge is -2.35. The maximum atomic E-state index is 13.0. The first kappa shape index (κ1) is 16.6. The van der Waals surface area contributed by atoms with Crippen molar-refractivity contribution in [1.29, 1.82) is 0 Å². The van der Waals surface area contributed by atoms with E-state index in [-0.39, 0.29) is 17.9 Å². The van der Waals surface area contributed by atoms with Crippen LogP contribution in [0.5, 0.6) is 0 Å². The van der Waals surface area contributed by atoms with Gasteiger partial charge in [-0.25, -0.2) is 0 Å². The van der Waals surface area contributed by atoms with Crippen molar-refractivity contribution in [3.05, 3.63) is 35.4 Å². The molecule has 1 amide bonds. The second kappa shape index (κ2) is 6.13. The Morgan fingerprint density at radius 2 is 2.04 bits per heavy atom. The van der Waals surface area contributed by atoms with Crippen molar-refractivity contribution in [1.82, 2.24) is 9.80 Å². The molecule has 3 atom stereocenters. The third-order valence-electron chi connectivity index (χ3n) is 6.67. The summed E-state index contributed by atoms with van der Waals surface area (Å²) < 4.78 is 0. The Kier molecular flexibility index (Phi) is 4.07. The Labute approximate surface area is 148 Å². The average molecular weight is 342 g/mol. The van der Waals surface area contributed by atoms with Crippen molar-refractivity contribution in [2.24, 2.45) is 11.3 Å². The zero-order valence-corrected chi connectivity index (χ0v) is 14.8. The van der Waals surface area contributed by atoms with Crippen molar-refractivity contribution < 1.29 is 14.7 Å². The van der Waals surface area contributed by atoms with E-state index in [1.54, 1.807) is 0 Å². The van der Waals surface area contributed by atoms with Gasteiger partial charge in [0.2, 0.25) is 5.91 Å². The van der Waals surface area contributed by atoms with E-state index in [0.29, 0.717) is 19.5 Å². The maximum Gasteiger partial charge on any atom is 0.311 e. The van der Waals surface area contributed by atoms with E-state index in [1.165, 1.54) is 11.1 Å².